The van der Waals surface area contributed by atoms with E-state index in [-0.39, 0.29) is 6.04 Å². The lowest BCUT2D eigenvalue weighted by Crippen LogP contribution is -2.12. The Bertz CT molecular complexity index is 555. The summed E-state index contributed by atoms with van der Waals surface area (Å²) >= 11 is 6.15. The van der Waals surface area contributed by atoms with Gasteiger partial charge in [-0.3, -0.25) is 0 Å². The van der Waals surface area contributed by atoms with Gasteiger partial charge in [-0.1, -0.05) is 48.9 Å². The highest BCUT2D eigenvalue weighted by Crippen LogP contribution is 2.25. The first kappa shape index (κ1) is 13.8. The van der Waals surface area contributed by atoms with E-state index in [2.05, 4.69) is 34.3 Å². The number of halogens is 1. The zero-order valence-electron chi connectivity index (χ0n) is 11.4. The molecule has 100 valence electrons. The van der Waals surface area contributed by atoms with E-state index in [9.17, 15) is 0 Å². The van der Waals surface area contributed by atoms with E-state index in [1.165, 1.54) is 5.56 Å². The molecule has 1 aromatic heterocycles. The van der Waals surface area contributed by atoms with Crippen molar-refractivity contribution in [3.05, 3.63) is 52.4 Å². The molecule has 0 aliphatic heterocycles. The van der Waals surface area contributed by atoms with Gasteiger partial charge in [0.15, 0.2) is 11.0 Å². The first-order valence-electron chi connectivity index (χ1n) is 6.44. The molecule has 0 fully saturated rings. The lowest BCUT2D eigenvalue weighted by molar-refractivity contribution is 0.742. The molecule has 2 aromatic rings. The summed E-state index contributed by atoms with van der Waals surface area (Å²) in [5, 5.41) is 3.80. The smallest absolute Gasteiger partial charge is 0.171 e. The van der Waals surface area contributed by atoms with E-state index in [4.69, 9.17) is 11.6 Å². The van der Waals surface area contributed by atoms with Crippen LogP contribution in [0.15, 0.2) is 30.3 Å². The highest BCUT2D eigenvalue weighted by molar-refractivity contribution is 6.31. The second-order valence-electron chi connectivity index (χ2n) is 4.55. The molecule has 0 aliphatic rings. The summed E-state index contributed by atoms with van der Waals surface area (Å²) in [7, 11) is 0. The molecule has 0 bridgehead atoms. The minimum Gasteiger partial charge on any atom is -0.361 e. The Morgan fingerprint density at radius 1 is 1.11 bits per heavy atom. The molecule has 0 radical (unpaired) electrons. The van der Waals surface area contributed by atoms with Gasteiger partial charge in [0, 0.05) is 0 Å². The maximum absolute atomic E-state index is 6.15. The minimum absolute atomic E-state index is 0.190. The largest absolute Gasteiger partial charge is 0.361 e. The molecule has 4 heteroatoms. The van der Waals surface area contributed by atoms with Gasteiger partial charge in [-0.05, 0) is 25.8 Å². The molecule has 2 rings (SSSR count). The summed E-state index contributed by atoms with van der Waals surface area (Å²) < 4.78 is 0. The van der Waals surface area contributed by atoms with Crippen LogP contribution in [0.3, 0.4) is 0 Å². The Morgan fingerprint density at radius 2 is 1.74 bits per heavy atom. The number of anilines is 1. The van der Waals surface area contributed by atoms with Crippen molar-refractivity contribution < 1.29 is 0 Å². The van der Waals surface area contributed by atoms with Crippen LogP contribution in [-0.4, -0.2) is 9.97 Å². The van der Waals surface area contributed by atoms with Crippen molar-refractivity contribution in [2.75, 3.05) is 5.32 Å². The fourth-order valence-corrected chi connectivity index (χ4v) is 2.16. The molecule has 3 nitrogen and oxygen atoms in total. The molecule has 0 amide bonds. The van der Waals surface area contributed by atoms with Gasteiger partial charge in [0.2, 0.25) is 0 Å². The van der Waals surface area contributed by atoms with Gasteiger partial charge in [0.05, 0.1) is 17.4 Å². The molecular weight excluding hydrogens is 258 g/mol. The van der Waals surface area contributed by atoms with Crippen LogP contribution in [0.2, 0.25) is 5.15 Å². The van der Waals surface area contributed by atoms with Crippen LogP contribution in [-0.2, 0) is 0 Å². The fourth-order valence-electron chi connectivity index (χ4n) is 1.94. The summed E-state index contributed by atoms with van der Waals surface area (Å²) in [5.74, 6) is 0.653. The van der Waals surface area contributed by atoms with E-state index >= 15 is 0 Å². The average molecular weight is 276 g/mol. The van der Waals surface area contributed by atoms with Gasteiger partial charge < -0.3 is 5.32 Å². The Hall–Kier alpha value is -1.61. The van der Waals surface area contributed by atoms with Crippen molar-refractivity contribution in [2.24, 2.45) is 0 Å². The number of hydrogen-bond donors (Lipinski definition) is 1. The first-order chi connectivity index (χ1) is 9.11. The molecule has 0 saturated heterocycles. The average Bonchev–Trinajstić information content (AvgIpc) is 2.42. The SMILES string of the molecule is CCC(Nc1nc(C)c(C)nc1Cl)c1ccccc1. The molecule has 1 aromatic carbocycles. The Balaban J connectivity index is 2.26. The third-order valence-corrected chi connectivity index (χ3v) is 3.45. The molecule has 1 heterocycles. The van der Waals surface area contributed by atoms with Crippen LogP contribution >= 0.6 is 11.6 Å². The highest BCUT2D eigenvalue weighted by atomic mass is 35.5. The second-order valence-corrected chi connectivity index (χ2v) is 4.91. The first-order valence-corrected chi connectivity index (χ1v) is 6.81. The highest BCUT2D eigenvalue weighted by Gasteiger charge is 2.13. The fraction of sp³-hybridized carbons (Fsp3) is 0.333. The predicted octanol–water partition coefficient (Wildman–Crippen LogP) is 4.31. The summed E-state index contributed by atoms with van der Waals surface area (Å²) in [6.45, 7) is 5.98. The van der Waals surface area contributed by atoms with Crippen LogP contribution in [0.5, 0.6) is 0 Å². The zero-order chi connectivity index (χ0) is 13.8. The Labute approximate surface area is 119 Å². The van der Waals surface area contributed by atoms with Gasteiger partial charge in [-0.25, -0.2) is 9.97 Å². The van der Waals surface area contributed by atoms with Crippen LogP contribution in [0.4, 0.5) is 5.82 Å². The maximum Gasteiger partial charge on any atom is 0.171 e. The summed E-state index contributed by atoms with van der Waals surface area (Å²) in [6, 6.07) is 10.5. The molecule has 0 saturated carbocycles. The summed E-state index contributed by atoms with van der Waals surface area (Å²) in [4.78, 5) is 8.77. The topological polar surface area (TPSA) is 37.8 Å². The van der Waals surface area contributed by atoms with Crippen molar-refractivity contribution >= 4 is 17.4 Å². The van der Waals surface area contributed by atoms with Gasteiger partial charge in [-0.15, -0.1) is 0 Å². The van der Waals surface area contributed by atoms with Crippen molar-refractivity contribution in [1.29, 1.82) is 0 Å². The van der Waals surface area contributed by atoms with E-state index < -0.39 is 0 Å². The van der Waals surface area contributed by atoms with Crippen molar-refractivity contribution in [3.8, 4) is 0 Å². The minimum atomic E-state index is 0.190. The Morgan fingerprint density at radius 3 is 2.37 bits per heavy atom. The van der Waals surface area contributed by atoms with Gasteiger partial charge in [0.1, 0.15) is 0 Å². The van der Waals surface area contributed by atoms with Gasteiger partial charge in [0.25, 0.3) is 0 Å². The number of aryl methyl sites for hydroxylation is 2. The lowest BCUT2D eigenvalue weighted by atomic mass is 10.0. The van der Waals surface area contributed by atoms with Crippen molar-refractivity contribution in [3.63, 3.8) is 0 Å². The molecule has 1 atom stereocenters. The normalized spacial score (nSPS) is 12.2. The molecular formula is C15H18ClN3. The third-order valence-electron chi connectivity index (χ3n) is 3.19. The van der Waals surface area contributed by atoms with E-state index in [0.717, 1.165) is 17.8 Å². The molecule has 19 heavy (non-hydrogen) atoms. The van der Waals surface area contributed by atoms with E-state index in [1.807, 2.05) is 32.0 Å². The van der Waals surface area contributed by atoms with Crippen LogP contribution in [0.25, 0.3) is 0 Å². The molecule has 0 spiro atoms. The molecule has 1 N–H and O–H groups in total. The zero-order valence-corrected chi connectivity index (χ0v) is 12.2. The molecule has 0 aliphatic carbocycles. The third kappa shape index (κ3) is 3.24. The number of nitrogens with zero attached hydrogens (tertiary/aromatic N) is 2. The van der Waals surface area contributed by atoms with E-state index in [0.29, 0.717) is 11.0 Å². The van der Waals surface area contributed by atoms with Crippen molar-refractivity contribution in [2.45, 2.75) is 33.2 Å². The standard InChI is InChI=1S/C15H18ClN3/c1-4-13(12-8-6-5-7-9-12)19-15-14(16)17-10(2)11(3)18-15/h5-9,13H,4H2,1-3H3,(H,18,19). The van der Waals surface area contributed by atoms with E-state index in [1.54, 1.807) is 0 Å². The number of rotatable bonds is 4. The van der Waals surface area contributed by atoms with Crippen LogP contribution in [0, 0.1) is 13.8 Å². The summed E-state index contributed by atoms with van der Waals surface area (Å²) in [5.41, 5.74) is 2.99. The Kier molecular flexibility index (Phi) is 4.38. The predicted molar refractivity (Wildman–Crippen MR) is 79.6 cm³/mol. The molecule has 1 unspecified atom stereocenters. The lowest BCUT2D eigenvalue weighted by Gasteiger charge is -2.19. The van der Waals surface area contributed by atoms with Crippen LogP contribution in [0.1, 0.15) is 36.3 Å². The number of nitrogens with one attached hydrogen (secondary N) is 1. The van der Waals surface area contributed by atoms with Gasteiger partial charge >= 0.3 is 0 Å². The number of aromatic nitrogens is 2. The second kappa shape index (κ2) is 6.02. The van der Waals surface area contributed by atoms with Crippen LogP contribution < -0.4 is 5.32 Å². The maximum atomic E-state index is 6.15. The monoisotopic (exact) mass is 275 g/mol. The number of hydrogen-bond acceptors (Lipinski definition) is 3. The van der Waals surface area contributed by atoms with Gasteiger partial charge in [-0.2, -0.15) is 0 Å². The quantitative estimate of drug-likeness (QED) is 0.903. The summed E-state index contributed by atoms with van der Waals surface area (Å²) in [6.07, 6.45) is 0.953. The number of benzene rings is 1. The van der Waals surface area contributed by atoms with Crippen molar-refractivity contribution in [1.82, 2.24) is 9.97 Å².